The van der Waals surface area contributed by atoms with Gasteiger partial charge in [0, 0.05) is 16.6 Å². The third kappa shape index (κ3) is 2.43. The number of rotatable bonds is 3. The highest BCUT2D eigenvalue weighted by Crippen LogP contribution is 2.33. The minimum Gasteiger partial charge on any atom is -0.258 e. The van der Waals surface area contributed by atoms with E-state index >= 15 is 0 Å². The molecule has 0 aromatic heterocycles. The zero-order chi connectivity index (χ0) is 12.3. The largest absolute Gasteiger partial charge is 0.284 e. The molecule has 1 aromatic carbocycles. The summed E-state index contributed by atoms with van der Waals surface area (Å²) in [6, 6.07) is 2.48. The average Bonchev–Trinajstić information content (AvgIpc) is 2.19. The van der Waals surface area contributed by atoms with Gasteiger partial charge in [-0.1, -0.05) is 22.0 Å². The molecule has 0 saturated heterocycles. The van der Waals surface area contributed by atoms with Gasteiger partial charge in [-0.2, -0.15) is 0 Å². The maximum Gasteiger partial charge on any atom is 0.284 e. The Labute approximate surface area is 99.0 Å². The van der Waals surface area contributed by atoms with Crippen molar-refractivity contribution in [2.75, 3.05) is 0 Å². The van der Waals surface area contributed by atoms with Crippen molar-refractivity contribution in [3.8, 4) is 0 Å². The third-order valence-corrected chi connectivity index (χ3v) is 2.29. The number of halogens is 1. The molecule has 0 saturated carbocycles. The van der Waals surface area contributed by atoms with E-state index in [1.807, 2.05) is 0 Å². The summed E-state index contributed by atoms with van der Waals surface area (Å²) >= 11 is 3.00. The molecule has 0 heterocycles. The second-order valence-electron chi connectivity index (χ2n) is 2.87. The lowest BCUT2D eigenvalue weighted by molar-refractivity contribution is -0.394. The Morgan fingerprint density at radius 3 is 1.94 bits per heavy atom. The molecule has 16 heavy (non-hydrogen) atoms. The maximum atomic E-state index is 10.8. The molecule has 0 aliphatic heterocycles. The van der Waals surface area contributed by atoms with Crippen LogP contribution in [0.2, 0.25) is 0 Å². The van der Waals surface area contributed by atoms with Gasteiger partial charge >= 0.3 is 0 Å². The molecule has 0 aliphatic carbocycles. The number of hydrogen-bond acceptors (Lipinski definition) is 4. The van der Waals surface area contributed by atoms with Crippen LogP contribution in [0.15, 0.2) is 22.7 Å². The number of nitrogens with zero attached hydrogens (tertiary/aromatic N) is 2. The second-order valence-corrected chi connectivity index (χ2v) is 3.79. The van der Waals surface area contributed by atoms with Gasteiger partial charge in [0.05, 0.1) is 9.85 Å². The normalized spacial score (nSPS) is 10.6. The number of nitro groups is 2. The fourth-order valence-corrected chi connectivity index (χ4v) is 1.66. The van der Waals surface area contributed by atoms with Gasteiger partial charge < -0.3 is 0 Å². The van der Waals surface area contributed by atoms with E-state index in [9.17, 15) is 20.2 Å². The van der Waals surface area contributed by atoms with Crippen LogP contribution in [0.5, 0.6) is 0 Å². The zero-order valence-electron chi connectivity index (χ0n) is 8.21. The molecule has 0 unspecified atom stereocenters. The Morgan fingerprint density at radius 2 is 1.62 bits per heavy atom. The molecule has 0 aliphatic rings. The third-order valence-electron chi connectivity index (χ3n) is 1.83. The summed E-state index contributed by atoms with van der Waals surface area (Å²) in [5.41, 5.74) is -0.584. The highest BCUT2D eigenvalue weighted by Gasteiger charge is 2.23. The first-order valence-electron chi connectivity index (χ1n) is 4.22. The van der Waals surface area contributed by atoms with E-state index in [1.165, 1.54) is 24.3 Å². The lowest BCUT2D eigenvalue weighted by Gasteiger charge is -2.00. The van der Waals surface area contributed by atoms with Crippen molar-refractivity contribution < 1.29 is 9.85 Å². The van der Waals surface area contributed by atoms with Gasteiger partial charge in [0.25, 0.3) is 11.4 Å². The minimum absolute atomic E-state index is 0.000648. The monoisotopic (exact) mass is 286 g/mol. The number of allylic oxidation sites excluding steroid dienone is 1. The molecule has 0 radical (unpaired) electrons. The van der Waals surface area contributed by atoms with Crippen LogP contribution in [-0.2, 0) is 0 Å². The van der Waals surface area contributed by atoms with Crippen molar-refractivity contribution in [2.24, 2.45) is 0 Å². The summed E-state index contributed by atoms with van der Waals surface area (Å²) < 4.78 is 0.305. The Hall–Kier alpha value is -1.76. The molecule has 0 amide bonds. The standard InChI is InChI=1S/C9H7BrN2O4/c1-2-3-7-8(11(13)14)4-6(10)5-9(7)12(15)16/h2-5H,1H3/b3-2+. The fraction of sp³-hybridized carbons (Fsp3) is 0.111. The molecule has 0 bridgehead atoms. The van der Waals surface area contributed by atoms with E-state index in [0.29, 0.717) is 4.47 Å². The summed E-state index contributed by atoms with van der Waals surface area (Å²) in [6.45, 7) is 1.63. The fourth-order valence-electron chi connectivity index (χ4n) is 1.23. The van der Waals surface area contributed by atoms with E-state index < -0.39 is 9.85 Å². The highest BCUT2D eigenvalue weighted by molar-refractivity contribution is 9.10. The first-order chi connectivity index (χ1) is 7.47. The predicted octanol–water partition coefficient (Wildman–Crippen LogP) is 3.30. The summed E-state index contributed by atoms with van der Waals surface area (Å²) in [5.74, 6) is 0. The lowest BCUT2D eigenvalue weighted by Crippen LogP contribution is -1.97. The molecule has 6 nitrogen and oxygen atoms in total. The average molecular weight is 287 g/mol. The molecule has 0 N–H and O–H groups in total. The molecule has 84 valence electrons. The number of nitro benzene ring substituents is 2. The molecular formula is C9H7BrN2O4. The summed E-state index contributed by atoms with van der Waals surface area (Å²) in [4.78, 5) is 20.2. The minimum atomic E-state index is -0.646. The van der Waals surface area contributed by atoms with Gasteiger partial charge in [-0.3, -0.25) is 20.2 Å². The van der Waals surface area contributed by atoms with Crippen molar-refractivity contribution in [1.29, 1.82) is 0 Å². The van der Waals surface area contributed by atoms with Crippen molar-refractivity contribution in [3.05, 3.63) is 48.5 Å². The van der Waals surface area contributed by atoms with Gasteiger partial charge in [0.15, 0.2) is 0 Å². The van der Waals surface area contributed by atoms with Crippen LogP contribution in [0.1, 0.15) is 12.5 Å². The maximum absolute atomic E-state index is 10.8. The SMILES string of the molecule is C/C=C/c1c([N+](=O)[O-])cc(Br)cc1[N+](=O)[O-]. The smallest absolute Gasteiger partial charge is 0.258 e. The van der Waals surface area contributed by atoms with Crippen LogP contribution in [0, 0.1) is 20.2 Å². The van der Waals surface area contributed by atoms with Crippen LogP contribution >= 0.6 is 15.9 Å². The van der Waals surface area contributed by atoms with Gasteiger partial charge in [-0.05, 0) is 13.0 Å². The Kier molecular flexibility index (Phi) is 3.73. The van der Waals surface area contributed by atoms with Crippen LogP contribution in [-0.4, -0.2) is 9.85 Å². The van der Waals surface area contributed by atoms with E-state index in [-0.39, 0.29) is 16.9 Å². The van der Waals surface area contributed by atoms with Crippen LogP contribution < -0.4 is 0 Å². The quantitative estimate of drug-likeness (QED) is 0.630. The molecule has 0 atom stereocenters. The second kappa shape index (κ2) is 4.84. The highest BCUT2D eigenvalue weighted by atomic mass is 79.9. The van der Waals surface area contributed by atoms with E-state index in [2.05, 4.69) is 15.9 Å². The molecule has 0 spiro atoms. The molecule has 1 aromatic rings. The lowest BCUT2D eigenvalue weighted by atomic mass is 10.1. The first kappa shape index (κ1) is 12.3. The topological polar surface area (TPSA) is 86.3 Å². The Morgan fingerprint density at radius 1 is 1.19 bits per heavy atom. The number of hydrogen-bond donors (Lipinski definition) is 0. The summed E-state index contributed by atoms with van der Waals surface area (Å²) in [5, 5.41) is 21.5. The van der Waals surface area contributed by atoms with Crippen molar-refractivity contribution in [1.82, 2.24) is 0 Å². The van der Waals surface area contributed by atoms with Crippen LogP contribution in [0.4, 0.5) is 11.4 Å². The van der Waals surface area contributed by atoms with Crippen molar-refractivity contribution in [2.45, 2.75) is 6.92 Å². The van der Waals surface area contributed by atoms with Crippen LogP contribution in [0.25, 0.3) is 6.08 Å². The van der Waals surface area contributed by atoms with E-state index in [1.54, 1.807) is 6.92 Å². The van der Waals surface area contributed by atoms with Crippen LogP contribution in [0.3, 0.4) is 0 Å². The van der Waals surface area contributed by atoms with Crippen molar-refractivity contribution >= 4 is 33.4 Å². The Balaban J connectivity index is 3.60. The van der Waals surface area contributed by atoms with Crippen molar-refractivity contribution in [3.63, 3.8) is 0 Å². The zero-order valence-corrected chi connectivity index (χ0v) is 9.80. The summed E-state index contributed by atoms with van der Waals surface area (Å²) in [7, 11) is 0. The molecule has 0 fully saturated rings. The predicted molar refractivity (Wildman–Crippen MR) is 62.2 cm³/mol. The van der Waals surface area contributed by atoms with E-state index in [0.717, 1.165) is 0 Å². The Bertz CT molecular complexity index is 449. The summed E-state index contributed by atoms with van der Waals surface area (Å²) in [6.07, 6.45) is 2.87. The first-order valence-corrected chi connectivity index (χ1v) is 5.01. The van der Waals surface area contributed by atoms with Gasteiger partial charge in [-0.25, -0.2) is 0 Å². The van der Waals surface area contributed by atoms with Gasteiger partial charge in [-0.15, -0.1) is 0 Å². The molecule has 1 rings (SSSR count). The number of benzene rings is 1. The van der Waals surface area contributed by atoms with Gasteiger partial charge in [0.2, 0.25) is 0 Å². The molecular weight excluding hydrogens is 280 g/mol. The van der Waals surface area contributed by atoms with Gasteiger partial charge in [0.1, 0.15) is 5.56 Å². The molecule has 7 heteroatoms. The van der Waals surface area contributed by atoms with E-state index in [4.69, 9.17) is 0 Å².